The van der Waals surface area contributed by atoms with Crippen molar-refractivity contribution in [2.24, 2.45) is 0 Å². The summed E-state index contributed by atoms with van der Waals surface area (Å²) in [4.78, 5) is 21.7. The number of hydrogen-bond acceptors (Lipinski definition) is 5. The Balaban J connectivity index is 2.09. The Bertz CT molecular complexity index is 568. The molecule has 0 saturated heterocycles. The Morgan fingerprint density at radius 2 is 2.28 bits per heavy atom. The molecule has 0 radical (unpaired) electrons. The average molecular weight is 263 g/mol. The molecule has 2 aromatic heterocycles. The summed E-state index contributed by atoms with van der Waals surface area (Å²) >= 11 is 1.55. The van der Waals surface area contributed by atoms with E-state index in [1.165, 1.54) is 18.5 Å². The van der Waals surface area contributed by atoms with Crippen molar-refractivity contribution in [3.63, 3.8) is 0 Å². The van der Waals surface area contributed by atoms with Crippen molar-refractivity contribution in [1.29, 1.82) is 0 Å². The van der Waals surface area contributed by atoms with Crippen LogP contribution in [0.25, 0.3) is 0 Å². The summed E-state index contributed by atoms with van der Waals surface area (Å²) in [6.07, 6.45) is 2.73. The van der Waals surface area contributed by atoms with Gasteiger partial charge >= 0.3 is 0 Å². The van der Waals surface area contributed by atoms with Gasteiger partial charge in [-0.2, -0.15) is 0 Å². The number of carbonyl (C=O) groups is 1. The lowest BCUT2D eigenvalue weighted by Crippen LogP contribution is -2.26. The number of hydrogen-bond donors (Lipinski definition) is 1. The summed E-state index contributed by atoms with van der Waals surface area (Å²) < 4.78 is 0. The van der Waals surface area contributed by atoms with Gasteiger partial charge in [0.25, 0.3) is 5.91 Å². The summed E-state index contributed by atoms with van der Waals surface area (Å²) in [6.45, 7) is 2.37. The van der Waals surface area contributed by atoms with E-state index in [4.69, 9.17) is 0 Å². The zero-order valence-electron chi connectivity index (χ0n) is 10.1. The zero-order valence-corrected chi connectivity index (χ0v) is 10.9. The smallest absolute Gasteiger partial charge is 0.255 e. The van der Waals surface area contributed by atoms with Gasteiger partial charge in [-0.3, -0.25) is 9.78 Å². The standard InChI is InChI=1S/C12H13N3O2S/c1-8-14-10(7-18-8)6-15(2)12(17)9-3-11(16)5-13-4-9/h3-5,7,16H,6H2,1-2H3. The monoisotopic (exact) mass is 263 g/mol. The number of pyridine rings is 1. The molecule has 0 spiro atoms. The summed E-state index contributed by atoms with van der Waals surface area (Å²) in [5.74, 6) is -0.206. The highest BCUT2D eigenvalue weighted by molar-refractivity contribution is 7.09. The number of nitrogens with zero attached hydrogens (tertiary/aromatic N) is 3. The van der Waals surface area contributed by atoms with Crippen LogP contribution in [0, 0.1) is 6.92 Å². The largest absolute Gasteiger partial charge is 0.506 e. The van der Waals surface area contributed by atoms with Crippen molar-refractivity contribution in [3.8, 4) is 5.75 Å². The summed E-state index contributed by atoms with van der Waals surface area (Å²) in [7, 11) is 1.70. The summed E-state index contributed by atoms with van der Waals surface area (Å²) in [6, 6.07) is 1.40. The predicted molar refractivity (Wildman–Crippen MR) is 68.6 cm³/mol. The van der Waals surface area contributed by atoms with Crippen LogP contribution in [0.2, 0.25) is 0 Å². The molecule has 1 amide bonds. The number of rotatable bonds is 3. The zero-order chi connectivity index (χ0) is 13.1. The van der Waals surface area contributed by atoms with Gasteiger partial charge in [0, 0.05) is 18.6 Å². The molecule has 0 atom stereocenters. The van der Waals surface area contributed by atoms with Crippen LogP contribution in [0.1, 0.15) is 21.1 Å². The summed E-state index contributed by atoms with van der Waals surface area (Å²) in [5, 5.41) is 12.2. The van der Waals surface area contributed by atoms with E-state index in [0.29, 0.717) is 12.1 Å². The Labute approximate surface area is 109 Å². The molecule has 0 aliphatic carbocycles. The van der Waals surface area contributed by atoms with E-state index in [0.717, 1.165) is 10.7 Å². The van der Waals surface area contributed by atoms with Crippen LogP contribution in [0.15, 0.2) is 23.8 Å². The molecule has 5 nitrogen and oxygen atoms in total. The van der Waals surface area contributed by atoms with Crippen molar-refractivity contribution in [2.75, 3.05) is 7.05 Å². The first-order valence-corrected chi connectivity index (χ1v) is 6.24. The van der Waals surface area contributed by atoms with Crippen molar-refractivity contribution >= 4 is 17.2 Å². The van der Waals surface area contributed by atoms with Gasteiger partial charge in [0.15, 0.2) is 0 Å². The maximum absolute atomic E-state index is 12.1. The van der Waals surface area contributed by atoms with E-state index in [2.05, 4.69) is 9.97 Å². The SMILES string of the molecule is Cc1nc(CN(C)C(=O)c2cncc(O)c2)cs1. The third-order valence-electron chi connectivity index (χ3n) is 2.38. The molecule has 2 heterocycles. The van der Waals surface area contributed by atoms with E-state index < -0.39 is 0 Å². The molecule has 6 heteroatoms. The van der Waals surface area contributed by atoms with Crippen molar-refractivity contribution in [2.45, 2.75) is 13.5 Å². The minimum atomic E-state index is -0.191. The predicted octanol–water partition coefficient (Wildman–Crippen LogP) is 1.82. The van der Waals surface area contributed by atoms with Gasteiger partial charge in [0.1, 0.15) is 5.75 Å². The Morgan fingerprint density at radius 3 is 2.89 bits per heavy atom. The molecular formula is C12H13N3O2S. The molecule has 2 rings (SSSR count). The van der Waals surface area contributed by atoms with E-state index in [-0.39, 0.29) is 11.7 Å². The molecule has 0 aliphatic heterocycles. The van der Waals surface area contributed by atoms with Crippen LogP contribution < -0.4 is 0 Å². The topological polar surface area (TPSA) is 66.3 Å². The van der Waals surface area contributed by atoms with Crippen molar-refractivity contribution in [1.82, 2.24) is 14.9 Å². The average Bonchev–Trinajstić information content (AvgIpc) is 2.73. The van der Waals surface area contributed by atoms with Crippen LogP contribution in [0.5, 0.6) is 5.75 Å². The van der Waals surface area contributed by atoms with E-state index in [1.54, 1.807) is 23.3 Å². The first-order valence-electron chi connectivity index (χ1n) is 5.37. The van der Waals surface area contributed by atoms with Gasteiger partial charge < -0.3 is 10.0 Å². The number of aromatic hydroxyl groups is 1. The van der Waals surface area contributed by atoms with Gasteiger partial charge in [-0.1, -0.05) is 0 Å². The first-order chi connectivity index (χ1) is 8.56. The molecular weight excluding hydrogens is 250 g/mol. The molecule has 0 bridgehead atoms. The number of aryl methyl sites for hydroxylation is 1. The molecule has 0 unspecified atom stereocenters. The van der Waals surface area contributed by atoms with E-state index in [1.807, 2.05) is 12.3 Å². The van der Waals surface area contributed by atoms with Gasteiger partial charge in [-0.05, 0) is 13.0 Å². The third kappa shape index (κ3) is 2.84. The lowest BCUT2D eigenvalue weighted by molar-refractivity contribution is 0.0782. The fourth-order valence-corrected chi connectivity index (χ4v) is 2.16. The molecule has 1 N–H and O–H groups in total. The van der Waals surface area contributed by atoms with E-state index in [9.17, 15) is 9.90 Å². The second kappa shape index (κ2) is 5.14. The highest BCUT2D eigenvalue weighted by atomic mass is 32.1. The van der Waals surface area contributed by atoms with Crippen LogP contribution in [-0.2, 0) is 6.54 Å². The maximum atomic E-state index is 12.1. The Kier molecular flexibility index (Phi) is 3.57. The molecule has 0 aromatic carbocycles. The number of carbonyl (C=O) groups excluding carboxylic acids is 1. The maximum Gasteiger partial charge on any atom is 0.255 e. The number of thiazole rings is 1. The summed E-state index contributed by atoms with van der Waals surface area (Å²) in [5.41, 5.74) is 1.23. The molecule has 0 fully saturated rings. The second-order valence-electron chi connectivity index (χ2n) is 3.95. The minimum absolute atomic E-state index is 0.0150. The fourth-order valence-electron chi connectivity index (χ4n) is 1.56. The normalized spacial score (nSPS) is 10.3. The molecule has 0 aliphatic rings. The highest BCUT2D eigenvalue weighted by Gasteiger charge is 2.14. The van der Waals surface area contributed by atoms with Gasteiger partial charge in [-0.15, -0.1) is 11.3 Å². The second-order valence-corrected chi connectivity index (χ2v) is 5.01. The molecule has 0 saturated carbocycles. The Hall–Kier alpha value is -1.95. The van der Waals surface area contributed by atoms with Crippen LogP contribution in [0.3, 0.4) is 0 Å². The molecule has 18 heavy (non-hydrogen) atoms. The van der Waals surface area contributed by atoms with Gasteiger partial charge in [-0.25, -0.2) is 4.98 Å². The van der Waals surface area contributed by atoms with Crippen LogP contribution >= 0.6 is 11.3 Å². The minimum Gasteiger partial charge on any atom is -0.506 e. The number of amides is 1. The highest BCUT2D eigenvalue weighted by Crippen LogP contribution is 2.13. The fraction of sp³-hybridized carbons (Fsp3) is 0.250. The van der Waals surface area contributed by atoms with Gasteiger partial charge in [0.05, 0.1) is 29.0 Å². The molecule has 2 aromatic rings. The number of aromatic nitrogens is 2. The Morgan fingerprint density at radius 1 is 1.50 bits per heavy atom. The quantitative estimate of drug-likeness (QED) is 0.917. The van der Waals surface area contributed by atoms with Crippen LogP contribution in [-0.4, -0.2) is 32.9 Å². The van der Waals surface area contributed by atoms with Crippen LogP contribution in [0.4, 0.5) is 0 Å². The lowest BCUT2D eigenvalue weighted by atomic mass is 10.2. The third-order valence-corrected chi connectivity index (χ3v) is 3.21. The van der Waals surface area contributed by atoms with E-state index >= 15 is 0 Å². The lowest BCUT2D eigenvalue weighted by Gasteiger charge is -2.15. The molecule has 94 valence electrons. The van der Waals surface area contributed by atoms with Crippen molar-refractivity contribution in [3.05, 3.63) is 40.1 Å². The van der Waals surface area contributed by atoms with Gasteiger partial charge in [0.2, 0.25) is 0 Å². The first kappa shape index (κ1) is 12.5. The van der Waals surface area contributed by atoms with Crippen molar-refractivity contribution < 1.29 is 9.90 Å².